The van der Waals surface area contributed by atoms with Gasteiger partial charge in [-0.15, -0.1) is 0 Å². The molecule has 0 saturated carbocycles. The summed E-state index contributed by atoms with van der Waals surface area (Å²) in [4.78, 5) is 26.4. The number of methoxy groups -OCH3 is 1. The molecule has 5 rings (SSSR count). The summed E-state index contributed by atoms with van der Waals surface area (Å²) in [5.74, 6) is 2.28. The summed E-state index contributed by atoms with van der Waals surface area (Å²) in [5.41, 5.74) is 10.1. The molecule has 28 heavy (non-hydrogen) atoms. The number of anilines is 2. The van der Waals surface area contributed by atoms with Gasteiger partial charge in [0.2, 0.25) is 5.91 Å². The molecule has 1 aromatic carbocycles. The quantitative estimate of drug-likeness (QED) is 0.642. The Balaban J connectivity index is 1.38. The minimum Gasteiger partial charge on any atom is -0.497 e. The highest BCUT2D eigenvalue weighted by atomic mass is 16.5. The minimum absolute atomic E-state index is 0.00200. The van der Waals surface area contributed by atoms with Crippen molar-refractivity contribution < 1.29 is 9.53 Å². The third kappa shape index (κ3) is 2.68. The second-order valence-corrected chi connectivity index (χ2v) is 7.49. The molecule has 2 aliphatic rings. The van der Waals surface area contributed by atoms with Gasteiger partial charge in [0.25, 0.3) is 0 Å². The van der Waals surface area contributed by atoms with Gasteiger partial charge in [-0.2, -0.15) is 0 Å². The van der Waals surface area contributed by atoms with Crippen molar-refractivity contribution in [3.63, 3.8) is 0 Å². The van der Waals surface area contributed by atoms with E-state index in [0.717, 1.165) is 59.8 Å². The zero-order valence-electron chi connectivity index (χ0n) is 15.7. The van der Waals surface area contributed by atoms with Gasteiger partial charge < -0.3 is 25.7 Å². The number of fused-ring (bicyclic) bond motifs is 2. The van der Waals surface area contributed by atoms with E-state index >= 15 is 0 Å². The Morgan fingerprint density at radius 2 is 2.07 bits per heavy atom. The van der Waals surface area contributed by atoms with E-state index in [9.17, 15) is 4.79 Å². The molecular formula is C20H22N6O2. The van der Waals surface area contributed by atoms with E-state index in [2.05, 4.69) is 20.2 Å². The number of imidazole rings is 1. The Labute approximate surface area is 162 Å². The van der Waals surface area contributed by atoms with E-state index in [1.165, 1.54) is 0 Å². The predicted octanol–water partition coefficient (Wildman–Crippen LogP) is 1.92. The number of nitrogens with two attached hydrogens (primary N) is 1. The van der Waals surface area contributed by atoms with Crippen LogP contribution in [0.4, 0.5) is 11.5 Å². The van der Waals surface area contributed by atoms with Crippen LogP contribution in [0, 0.1) is 0 Å². The summed E-state index contributed by atoms with van der Waals surface area (Å²) in [6.07, 6.45) is 3.66. The maximum atomic E-state index is 11.7. The van der Waals surface area contributed by atoms with Crippen LogP contribution in [-0.4, -0.2) is 41.1 Å². The van der Waals surface area contributed by atoms with Crippen LogP contribution in [0.1, 0.15) is 24.2 Å². The molecule has 2 aromatic heterocycles. The van der Waals surface area contributed by atoms with Crippen molar-refractivity contribution in [2.75, 3.05) is 30.4 Å². The van der Waals surface area contributed by atoms with Crippen molar-refractivity contribution in [2.45, 2.75) is 24.8 Å². The standard InChI is InChI=1S/C20H22N6O2/c1-28-12-2-3-14-15(10-12)24-19(23-14)20(21)5-8-26(9-6-20)16-4-7-22-18-13(16)11-17(27)25-18/h2-4,7,10H,5-6,8-9,11,21H2,1H3,(H,23,24)(H,22,25,27). The molecule has 1 saturated heterocycles. The lowest BCUT2D eigenvalue weighted by atomic mass is 9.87. The molecule has 144 valence electrons. The molecule has 0 radical (unpaired) electrons. The summed E-state index contributed by atoms with van der Waals surface area (Å²) in [6.45, 7) is 1.59. The lowest BCUT2D eigenvalue weighted by Gasteiger charge is -2.39. The number of carbonyl (C=O) groups excluding carboxylic acids is 1. The maximum absolute atomic E-state index is 11.7. The fourth-order valence-corrected chi connectivity index (χ4v) is 4.13. The van der Waals surface area contributed by atoms with Crippen molar-refractivity contribution in [1.82, 2.24) is 15.0 Å². The number of benzene rings is 1. The van der Waals surface area contributed by atoms with Crippen LogP contribution in [0.2, 0.25) is 0 Å². The second kappa shape index (κ2) is 6.20. The number of aromatic amines is 1. The number of pyridine rings is 1. The van der Waals surface area contributed by atoms with E-state index in [1.54, 1.807) is 13.3 Å². The van der Waals surface area contributed by atoms with Gasteiger partial charge in [-0.05, 0) is 31.0 Å². The van der Waals surface area contributed by atoms with Crippen LogP contribution in [0.3, 0.4) is 0 Å². The molecule has 0 spiro atoms. The Bertz CT molecular complexity index is 1070. The number of nitrogens with one attached hydrogen (secondary N) is 2. The number of hydrogen-bond donors (Lipinski definition) is 3. The number of piperidine rings is 1. The zero-order valence-corrected chi connectivity index (χ0v) is 15.7. The molecule has 2 aliphatic heterocycles. The highest BCUT2D eigenvalue weighted by Gasteiger charge is 2.36. The highest BCUT2D eigenvalue weighted by molar-refractivity contribution is 6.00. The number of aromatic nitrogens is 3. The zero-order chi connectivity index (χ0) is 19.3. The largest absolute Gasteiger partial charge is 0.497 e. The first-order chi connectivity index (χ1) is 13.6. The fraction of sp³-hybridized carbons (Fsp3) is 0.350. The van der Waals surface area contributed by atoms with Crippen LogP contribution in [0.5, 0.6) is 5.75 Å². The Morgan fingerprint density at radius 3 is 2.86 bits per heavy atom. The Hall–Kier alpha value is -3.13. The number of carbonyl (C=O) groups is 1. The third-order valence-electron chi connectivity index (χ3n) is 5.78. The first-order valence-corrected chi connectivity index (χ1v) is 9.41. The van der Waals surface area contributed by atoms with Crippen LogP contribution in [0.25, 0.3) is 11.0 Å². The molecule has 1 amide bonds. The molecule has 0 aliphatic carbocycles. The van der Waals surface area contributed by atoms with Crippen molar-refractivity contribution in [3.8, 4) is 5.75 Å². The fourth-order valence-electron chi connectivity index (χ4n) is 4.13. The molecule has 1 fully saturated rings. The molecule has 3 aromatic rings. The van der Waals surface area contributed by atoms with Gasteiger partial charge in [-0.3, -0.25) is 4.79 Å². The molecular weight excluding hydrogens is 356 g/mol. The SMILES string of the molecule is COc1ccc2nc(C3(N)CCN(c4ccnc5c4CC(=O)N5)CC3)[nH]c2c1. The highest BCUT2D eigenvalue weighted by Crippen LogP contribution is 2.36. The Kier molecular flexibility index (Phi) is 3.77. The molecule has 0 unspecified atom stereocenters. The molecule has 8 heteroatoms. The average Bonchev–Trinajstić information content (AvgIpc) is 3.30. The molecule has 0 atom stereocenters. The van der Waals surface area contributed by atoms with E-state index in [4.69, 9.17) is 15.5 Å². The Morgan fingerprint density at radius 1 is 1.25 bits per heavy atom. The van der Waals surface area contributed by atoms with Crippen molar-refractivity contribution in [1.29, 1.82) is 0 Å². The number of H-pyrrole nitrogens is 1. The van der Waals surface area contributed by atoms with Crippen LogP contribution >= 0.6 is 0 Å². The number of nitrogens with zero attached hydrogens (tertiary/aromatic N) is 3. The number of rotatable bonds is 3. The van der Waals surface area contributed by atoms with E-state index in [0.29, 0.717) is 12.2 Å². The number of hydrogen-bond acceptors (Lipinski definition) is 6. The summed E-state index contributed by atoms with van der Waals surface area (Å²) < 4.78 is 5.29. The topological polar surface area (TPSA) is 109 Å². The minimum atomic E-state index is -0.507. The molecule has 8 nitrogen and oxygen atoms in total. The summed E-state index contributed by atoms with van der Waals surface area (Å²) in [7, 11) is 1.65. The van der Waals surface area contributed by atoms with E-state index < -0.39 is 5.54 Å². The lowest BCUT2D eigenvalue weighted by Crippen LogP contribution is -2.49. The normalized spacial score (nSPS) is 18.2. The second-order valence-electron chi connectivity index (χ2n) is 7.49. The lowest BCUT2D eigenvalue weighted by molar-refractivity contribution is -0.115. The first kappa shape index (κ1) is 17.0. The van der Waals surface area contributed by atoms with Gasteiger partial charge in [0, 0.05) is 36.6 Å². The predicted molar refractivity (Wildman–Crippen MR) is 107 cm³/mol. The first-order valence-electron chi connectivity index (χ1n) is 9.41. The van der Waals surface area contributed by atoms with Gasteiger partial charge in [0.1, 0.15) is 17.4 Å². The van der Waals surface area contributed by atoms with E-state index in [-0.39, 0.29) is 5.91 Å². The maximum Gasteiger partial charge on any atom is 0.230 e. The number of ether oxygens (including phenoxy) is 1. The van der Waals surface area contributed by atoms with Gasteiger partial charge in [0.15, 0.2) is 0 Å². The average molecular weight is 378 g/mol. The van der Waals surface area contributed by atoms with Crippen molar-refractivity contribution >= 4 is 28.4 Å². The smallest absolute Gasteiger partial charge is 0.230 e. The van der Waals surface area contributed by atoms with Crippen molar-refractivity contribution in [2.24, 2.45) is 5.73 Å². The summed E-state index contributed by atoms with van der Waals surface area (Å²) in [6, 6.07) is 7.76. The van der Waals surface area contributed by atoms with Gasteiger partial charge in [-0.25, -0.2) is 9.97 Å². The monoisotopic (exact) mass is 378 g/mol. The van der Waals surface area contributed by atoms with Crippen LogP contribution in [-0.2, 0) is 16.8 Å². The third-order valence-corrected chi connectivity index (χ3v) is 5.78. The summed E-state index contributed by atoms with van der Waals surface area (Å²) in [5, 5.41) is 2.82. The van der Waals surface area contributed by atoms with Crippen LogP contribution in [0.15, 0.2) is 30.5 Å². The van der Waals surface area contributed by atoms with E-state index in [1.807, 2.05) is 24.3 Å². The molecule has 4 heterocycles. The van der Waals surface area contributed by atoms with Crippen molar-refractivity contribution in [3.05, 3.63) is 41.9 Å². The summed E-state index contributed by atoms with van der Waals surface area (Å²) >= 11 is 0. The molecule has 4 N–H and O–H groups in total. The van der Waals surface area contributed by atoms with Gasteiger partial charge >= 0.3 is 0 Å². The van der Waals surface area contributed by atoms with Crippen LogP contribution < -0.4 is 20.7 Å². The molecule has 0 bridgehead atoms. The van der Waals surface area contributed by atoms with Gasteiger partial charge in [-0.1, -0.05) is 0 Å². The number of amides is 1. The van der Waals surface area contributed by atoms with Gasteiger partial charge in [0.05, 0.1) is 30.1 Å².